The number of halogens is 1. The number of benzene rings is 1. The fraction of sp³-hybridized carbons (Fsp3) is 0.462. The van der Waals surface area contributed by atoms with Gasteiger partial charge in [0.25, 0.3) is 5.82 Å². The van der Waals surface area contributed by atoms with E-state index in [9.17, 15) is 0 Å². The quantitative estimate of drug-likeness (QED) is 0.529. The van der Waals surface area contributed by atoms with Crippen LogP contribution in [0.2, 0.25) is 0 Å². The topological polar surface area (TPSA) is 44.1 Å². The summed E-state index contributed by atoms with van der Waals surface area (Å²) in [5, 5.41) is 0. The van der Waals surface area contributed by atoms with Crippen molar-refractivity contribution in [2.75, 3.05) is 7.11 Å². The Balaban J connectivity index is 0.00000162. The molecular formula is C13H20IN3O. The summed E-state index contributed by atoms with van der Waals surface area (Å²) in [5.74, 6) is 2.05. The second-order valence-electron chi connectivity index (χ2n) is 3.96. The number of aryl methyl sites for hydroxylation is 2. The van der Waals surface area contributed by atoms with Crippen molar-refractivity contribution in [3.8, 4) is 5.75 Å². The maximum atomic E-state index is 5.86. The first-order valence-electron chi connectivity index (χ1n) is 6.05. The standard InChI is InChI=1S/C13H20N3O.HI/c1-4-15-11-7-6-10(17-3)8-12(11)16(5-2)13(15)9-14;/h6-8H,4-5,9,14H2,1-3H3;1H/q+1;/p-1. The molecule has 0 saturated carbocycles. The van der Waals surface area contributed by atoms with Crippen molar-refractivity contribution in [3.05, 3.63) is 24.0 Å². The minimum Gasteiger partial charge on any atom is -1.00 e. The monoisotopic (exact) mass is 361 g/mol. The number of nitrogens with two attached hydrogens (primary N) is 1. The van der Waals surface area contributed by atoms with Crippen molar-refractivity contribution in [2.24, 2.45) is 5.73 Å². The molecule has 0 fully saturated rings. The van der Waals surface area contributed by atoms with Gasteiger partial charge in [-0.2, -0.15) is 0 Å². The lowest BCUT2D eigenvalue weighted by Gasteiger charge is -1.98. The molecule has 2 N–H and O–H groups in total. The highest BCUT2D eigenvalue weighted by atomic mass is 127. The number of hydrogen-bond donors (Lipinski definition) is 1. The highest BCUT2D eigenvalue weighted by Gasteiger charge is 2.21. The molecule has 5 heteroatoms. The molecule has 0 aliphatic heterocycles. The molecular weight excluding hydrogens is 341 g/mol. The first-order valence-corrected chi connectivity index (χ1v) is 6.05. The minimum atomic E-state index is 0. The van der Waals surface area contributed by atoms with Gasteiger partial charge in [-0.15, -0.1) is 0 Å². The largest absolute Gasteiger partial charge is 1.00 e. The third-order valence-corrected chi connectivity index (χ3v) is 3.20. The third-order valence-electron chi connectivity index (χ3n) is 3.20. The van der Waals surface area contributed by atoms with E-state index < -0.39 is 0 Å². The zero-order chi connectivity index (χ0) is 12.4. The fourth-order valence-electron chi connectivity index (χ4n) is 2.42. The van der Waals surface area contributed by atoms with Crippen LogP contribution in [0.5, 0.6) is 5.75 Å². The van der Waals surface area contributed by atoms with Crippen molar-refractivity contribution >= 4 is 11.0 Å². The minimum absolute atomic E-state index is 0. The Labute approximate surface area is 125 Å². The maximum Gasteiger partial charge on any atom is 0.271 e. The van der Waals surface area contributed by atoms with Crippen LogP contribution in [0.4, 0.5) is 0 Å². The van der Waals surface area contributed by atoms with Crippen LogP contribution in [0, 0.1) is 0 Å². The predicted octanol–water partition coefficient (Wildman–Crippen LogP) is -1.56. The molecule has 0 unspecified atom stereocenters. The number of nitrogens with zero attached hydrogens (tertiary/aromatic N) is 2. The number of aromatic nitrogens is 2. The zero-order valence-electron chi connectivity index (χ0n) is 11.1. The average Bonchev–Trinajstić information content (AvgIpc) is 2.69. The van der Waals surface area contributed by atoms with Gasteiger partial charge < -0.3 is 34.4 Å². The Bertz CT molecular complexity index is 537. The van der Waals surface area contributed by atoms with Crippen molar-refractivity contribution < 1.29 is 33.3 Å². The average molecular weight is 361 g/mol. The summed E-state index contributed by atoms with van der Waals surface area (Å²) in [7, 11) is 1.69. The summed E-state index contributed by atoms with van der Waals surface area (Å²) in [4.78, 5) is 0. The second-order valence-corrected chi connectivity index (χ2v) is 3.96. The van der Waals surface area contributed by atoms with Crippen LogP contribution in [0.1, 0.15) is 19.7 Å². The number of fused-ring (bicyclic) bond motifs is 1. The number of imidazole rings is 1. The molecule has 18 heavy (non-hydrogen) atoms. The van der Waals surface area contributed by atoms with Crippen LogP contribution >= 0.6 is 0 Å². The normalized spacial score (nSPS) is 10.4. The number of hydrogen-bond acceptors (Lipinski definition) is 2. The van der Waals surface area contributed by atoms with Gasteiger partial charge in [-0.25, -0.2) is 9.13 Å². The highest BCUT2D eigenvalue weighted by molar-refractivity contribution is 5.74. The van der Waals surface area contributed by atoms with E-state index in [2.05, 4.69) is 35.1 Å². The molecule has 0 saturated heterocycles. The van der Waals surface area contributed by atoms with Crippen LogP contribution in [0.3, 0.4) is 0 Å². The first-order chi connectivity index (χ1) is 8.26. The van der Waals surface area contributed by atoms with E-state index in [1.165, 1.54) is 16.9 Å². The molecule has 0 atom stereocenters. The Morgan fingerprint density at radius 2 is 2.06 bits per heavy atom. The Morgan fingerprint density at radius 1 is 1.33 bits per heavy atom. The van der Waals surface area contributed by atoms with Crippen LogP contribution in [-0.2, 0) is 19.6 Å². The Kier molecular flexibility index (Phi) is 5.40. The summed E-state index contributed by atoms with van der Waals surface area (Å²) in [5.41, 5.74) is 8.27. The van der Waals surface area contributed by atoms with Gasteiger partial charge in [0.15, 0.2) is 11.0 Å². The lowest BCUT2D eigenvalue weighted by molar-refractivity contribution is -0.676. The SMILES string of the molecule is CCn1c(CN)[n+](CC)c2ccc(OC)cc21.[I-]. The first kappa shape index (κ1) is 15.2. The molecule has 4 nitrogen and oxygen atoms in total. The highest BCUT2D eigenvalue weighted by Crippen LogP contribution is 2.20. The molecule has 0 aliphatic rings. The van der Waals surface area contributed by atoms with Gasteiger partial charge >= 0.3 is 0 Å². The van der Waals surface area contributed by atoms with E-state index in [-0.39, 0.29) is 24.0 Å². The van der Waals surface area contributed by atoms with Gasteiger partial charge in [-0.3, -0.25) is 0 Å². The van der Waals surface area contributed by atoms with Crippen molar-refractivity contribution in [3.63, 3.8) is 0 Å². The summed E-state index contributed by atoms with van der Waals surface area (Å²) in [6.45, 7) is 6.69. The van der Waals surface area contributed by atoms with E-state index >= 15 is 0 Å². The lowest BCUT2D eigenvalue weighted by atomic mass is 10.3. The van der Waals surface area contributed by atoms with Crippen molar-refractivity contribution in [1.82, 2.24) is 4.57 Å². The summed E-state index contributed by atoms with van der Waals surface area (Å²) in [6.07, 6.45) is 0. The van der Waals surface area contributed by atoms with Crippen LogP contribution in [-0.4, -0.2) is 11.7 Å². The van der Waals surface area contributed by atoms with Gasteiger partial charge in [0, 0.05) is 6.07 Å². The number of ether oxygens (including phenoxy) is 1. The van der Waals surface area contributed by atoms with Crippen LogP contribution < -0.4 is 39.0 Å². The number of methoxy groups -OCH3 is 1. The Morgan fingerprint density at radius 3 is 2.56 bits per heavy atom. The molecule has 1 aromatic carbocycles. The molecule has 2 aromatic rings. The second kappa shape index (κ2) is 6.38. The van der Waals surface area contributed by atoms with Gasteiger partial charge in [0.1, 0.15) is 5.75 Å². The molecule has 0 radical (unpaired) electrons. The fourth-order valence-corrected chi connectivity index (χ4v) is 2.42. The Hall–Kier alpha value is -0.820. The van der Waals surface area contributed by atoms with E-state index in [0.717, 1.165) is 18.8 Å². The molecule has 2 rings (SSSR count). The van der Waals surface area contributed by atoms with Gasteiger partial charge in [0.2, 0.25) is 0 Å². The van der Waals surface area contributed by atoms with E-state index in [1.54, 1.807) is 7.11 Å². The lowest BCUT2D eigenvalue weighted by Crippen LogP contribution is -3.00. The van der Waals surface area contributed by atoms with Gasteiger partial charge in [-0.1, -0.05) is 0 Å². The molecule has 1 aromatic heterocycles. The smallest absolute Gasteiger partial charge is 0.271 e. The summed E-state index contributed by atoms with van der Waals surface area (Å²) >= 11 is 0. The van der Waals surface area contributed by atoms with E-state index in [0.29, 0.717) is 6.54 Å². The number of rotatable bonds is 4. The van der Waals surface area contributed by atoms with Crippen LogP contribution in [0.15, 0.2) is 18.2 Å². The van der Waals surface area contributed by atoms with Crippen LogP contribution in [0.25, 0.3) is 11.0 Å². The summed E-state index contributed by atoms with van der Waals surface area (Å²) in [6, 6.07) is 6.17. The zero-order valence-corrected chi connectivity index (χ0v) is 13.3. The van der Waals surface area contributed by atoms with Gasteiger partial charge in [-0.05, 0) is 26.0 Å². The summed E-state index contributed by atoms with van der Waals surface area (Å²) < 4.78 is 9.80. The third kappa shape index (κ3) is 2.33. The van der Waals surface area contributed by atoms with Crippen molar-refractivity contribution in [1.29, 1.82) is 0 Å². The molecule has 0 bridgehead atoms. The molecule has 0 amide bonds. The van der Waals surface area contributed by atoms with Crippen molar-refractivity contribution in [2.45, 2.75) is 33.5 Å². The molecule has 1 heterocycles. The van der Waals surface area contributed by atoms with E-state index in [1.807, 2.05) is 6.07 Å². The predicted molar refractivity (Wildman–Crippen MR) is 67.9 cm³/mol. The molecule has 0 spiro atoms. The van der Waals surface area contributed by atoms with Gasteiger partial charge in [0.05, 0.1) is 26.7 Å². The maximum absolute atomic E-state index is 5.86. The molecule has 0 aliphatic carbocycles. The molecule has 100 valence electrons. The van der Waals surface area contributed by atoms with E-state index in [4.69, 9.17) is 10.5 Å².